The summed E-state index contributed by atoms with van der Waals surface area (Å²) in [6.45, 7) is 8.39. The topological polar surface area (TPSA) is 12.0 Å². The quantitative estimate of drug-likeness (QED) is 0.779. The Balaban J connectivity index is 2.71. The third-order valence-corrected chi connectivity index (χ3v) is 1.84. The molecule has 0 bridgehead atoms. The fraction of sp³-hybridized carbons (Fsp3) is 0.273. The van der Waals surface area contributed by atoms with Gasteiger partial charge in [0.2, 0.25) is 0 Å². The molecule has 0 spiro atoms. The Morgan fingerprint density at radius 3 is 2.31 bits per heavy atom. The number of nitrogens with one attached hydrogen (secondary N) is 1. The van der Waals surface area contributed by atoms with Crippen molar-refractivity contribution in [2.75, 3.05) is 11.9 Å². The second-order valence-electron chi connectivity index (χ2n) is 3.25. The van der Waals surface area contributed by atoms with Gasteiger partial charge in [0.25, 0.3) is 0 Å². The monoisotopic (exact) mass is 195 g/mol. The van der Waals surface area contributed by atoms with Gasteiger partial charge in [0.05, 0.1) is 6.54 Å². The average Bonchev–Trinajstić information content (AvgIpc) is 1.99. The van der Waals surface area contributed by atoms with Crippen LogP contribution in [0.25, 0.3) is 0 Å². The second kappa shape index (κ2) is 4.33. The Kier molecular flexibility index (Phi) is 3.38. The summed E-state index contributed by atoms with van der Waals surface area (Å²) >= 11 is 5.65. The molecular weight excluding hydrogens is 182 g/mol. The molecular formula is C11H14ClN. The van der Waals surface area contributed by atoms with Crippen molar-refractivity contribution in [3.05, 3.63) is 40.9 Å². The SMILES string of the molecule is C=C(Cl)CNc1cc(C)cc(C)c1. The molecule has 70 valence electrons. The number of rotatable bonds is 3. The van der Waals surface area contributed by atoms with Gasteiger partial charge in [0, 0.05) is 10.7 Å². The van der Waals surface area contributed by atoms with Crippen LogP contribution in [-0.4, -0.2) is 6.54 Å². The number of aryl methyl sites for hydroxylation is 2. The van der Waals surface area contributed by atoms with E-state index in [1.165, 1.54) is 11.1 Å². The van der Waals surface area contributed by atoms with Gasteiger partial charge < -0.3 is 5.32 Å². The van der Waals surface area contributed by atoms with Gasteiger partial charge >= 0.3 is 0 Å². The molecule has 1 nitrogen and oxygen atoms in total. The van der Waals surface area contributed by atoms with E-state index in [0.717, 1.165) is 5.69 Å². The van der Waals surface area contributed by atoms with Crippen LogP contribution in [0.15, 0.2) is 29.8 Å². The van der Waals surface area contributed by atoms with Gasteiger partial charge in [-0.25, -0.2) is 0 Å². The van der Waals surface area contributed by atoms with Crippen molar-refractivity contribution in [1.82, 2.24) is 0 Å². The van der Waals surface area contributed by atoms with Crippen molar-refractivity contribution in [3.63, 3.8) is 0 Å². The predicted molar refractivity (Wildman–Crippen MR) is 59.4 cm³/mol. The van der Waals surface area contributed by atoms with E-state index in [2.05, 4.69) is 43.9 Å². The van der Waals surface area contributed by atoms with Crippen LogP contribution in [0.4, 0.5) is 5.69 Å². The Hall–Kier alpha value is -0.950. The summed E-state index contributed by atoms with van der Waals surface area (Å²) in [5, 5.41) is 3.82. The highest BCUT2D eigenvalue weighted by Gasteiger charge is 1.95. The maximum Gasteiger partial charge on any atom is 0.0501 e. The van der Waals surface area contributed by atoms with Crippen LogP contribution in [-0.2, 0) is 0 Å². The molecule has 2 heteroatoms. The standard InChI is InChI=1S/C11H14ClN/c1-8-4-9(2)6-11(5-8)13-7-10(3)12/h4-6,13H,3,7H2,1-2H3. The summed E-state index contributed by atoms with van der Waals surface area (Å²) < 4.78 is 0. The molecule has 13 heavy (non-hydrogen) atoms. The Labute approximate surface area is 84.4 Å². The Morgan fingerprint density at radius 1 is 1.31 bits per heavy atom. The highest BCUT2D eigenvalue weighted by atomic mass is 35.5. The molecule has 0 aliphatic heterocycles. The summed E-state index contributed by atoms with van der Waals surface area (Å²) in [6, 6.07) is 6.32. The fourth-order valence-electron chi connectivity index (χ4n) is 1.27. The number of anilines is 1. The molecule has 1 aromatic carbocycles. The molecule has 0 aromatic heterocycles. The minimum Gasteiger partial charge on any atom is -0.380 e. The lowest BCUT2D eigenvalue weighted by Gasteiger charge is -2.07. The van der Waals surface area contributed by atoms with Crippen LogP contribution in [0.1, 0.15) is 11.1 Å². The Morgan fingerprint density at radius 2 is 1.85 bits per heavy atom. The molecule has 0 aliphatic carbocycles. The molecule has 0 aliphatic rings. The lowest BCUT2D eigenvalue weighted by Crippen LogP contribution is -2.01. The highest BCUT2D eigenvalue weighted by molar-refractivity contribution is 6.29. The number of halogens is 1. The van der Waals surface area contributed by atoms with E-state index in [0.29, 0.717) is 11.6 Å². The van der Waals surface area contributed by atoms with E-state index in [1.807, 2.05) is 0 Å². The van der Waals surface area contributed by atoms with Crippen molar-refractivity contribution in [3.8, 4) is 0 Å². The van der Waals surface area contributed by atoms with Gasteiger partial charge in [-0.05, 0) is 37.1 Å². The largest absolute Gasteiger partial charge is 0.380 e. The molecule has 0 saturated heterocycles. The zero-order valence-corrected chi connectivity index (χ0v) is 8.78. The third-order valence-electron chi connectivity index (χ3n) is 1.71. The average molecular weight is 196 g/mol. The zero-order valence-electron chi connectivity index (χ0n) is 8.02. The minimum atomic E-state index is 0.616. The molecule has 1 N–H and O–H groups in total. The Bertz CT molecular complexity index is 298. The molecule has 0 saturated carbocycles. The maximum absolute atomic E-state index is 5.65. The first-order valence-electron chi connectivity index (χ1n) is 4.23. The number of hydrogen-bond acceptors (Lipinski definition) is 1. The van der Waals surface area contributed by atoms with Gasteiger partial charge in [-0.3, -0.25) is 0 Å². The van der Waals surface area contributed by atoms with Crippen molar-refractivity contribution in [2.45, 2.75) is 13.8 Å². The van der Waals surface area contributed by atoms with Crippen molar-refractivity contribution in [2.24, 2.45) is 0 Å². The minimum absolute atomic E-state index is 0.616. The molecule has 0 amide bonds. The molecule has 0 unspecified atom stereocenters. The highest BCUT2D eigenvalue weighted by Crippen LogP contribution is 2.14. The molecule has 1 aromatic rings. The molecule has 0 heterocycles. The number of hydrogen-bond donors (Lipinski definition) is 1. The van der Waals surface area contributed by atoms with Crippen LogP contribution in [0.5, 0.6) is 0 Å². The van der Waals surface area contributed by atoms with Crippen LogP contribution in [0.2, 0.25) is 0 Å². The fourth-order valence-corrected chi connectivity index (χ4v) is 1.34. The van der Waals surface area contributed by atoms with Gasteiger partial charge in [-0.1, -0.05) is 24.2 Å². The summed E-state index contributed by atoms with van der Waals surface area (Å²) in [4.78, 5) is 0. The summed E-state index contributed by atoms with van der Waals surface area (Å²) in [5.41, 5.74) is 3.60. The van der Waals surface area contributed by atoms with E-state index in [4.69, 9.17) is 11.6 Å². The van der Waals surface area contributed by atoms with E-state index in [1.54, 1.807) is 0 Å². The van der Waals surface area contributed by atoms with Crippen molar-refractivity contribution < 1.29 is 0 Å². The summed E-state index contributed by atoms with van der Waals surface area (Å²) in [5.74, 6) is 0. The maximum atomic E-state index is 5.65. The number of benzene rings is 1. The van der Waals surface area contributed by atoms with E-state index >= 15 is 0 Å². The third kappa shape index (κ3) is 3.51. The smallest absolute Gasteiger partial charge is 0.0501 e. The summed E-state index contributed by atoms with van der Waals surface area (Å²) in [7, 11) is 0. The predicted octanol–water partition coefficient (Wildman–Crippen LogP) is 3.47. The molecule has 0 fully saturated rings. The zero-order chi connectivity index (χ0) is 9.84. The van der Waals surface area contributed by atoms with Crippen molar-refractivity contribution >= 4 is 17.3 Å². The van der Waals surface area contributed by atoms with Gasteiger partial charge in [-0.15, -0.1) is 0 Å². The lowest BCUT2D eigenvalue weighted by molar-refractivity contribution is 1.29. The van der Waals surface area contributed by atoms with Gasteiger partial charge in [0.1, 0.15) is 0 Å². The molecule has 0 radical (unpaired) electrons. The van der Waals surface area contributed by atoms with Crippen LogP contribution < -0.4 is 5.32 Å². The lowest BCUT2D eigenvalue weighted by atomic mass is 10.1. The van der Waals surface area contributed by atoms with E-state index in [9.17, 15) is 0 Å². The summed E-state index contributed by atoms with van der Waals surface area (Å²) in [6.07, 6.45) is 0. The van der Waals surface area contributed by atoms with Gasteiger partial charge in [-0.2, -0.15) is 0 Å². The van der Waals surface area contributed by atoms with Crippen LogP contribution in [0, 0.1) is 13.8 Å². The van der Waals surface area contributed by atoms with Crippen LogP contribution >= 0.6 is 11.6 Å². The first-order chi connectivity index (χ1) is 6.08. The van der Waals surface area contributed by atoms with Crippen molar-refractivity contribution in [1.29, 1.82) is 0 Å². The van der Waals surface area contributed by atoms with E-state index in [-0.39, 0.29) is 0 Å². The van der Waals surface area contributed by atoms with Crippen LogP contribution in [0.3, 0.4) is 0 Å². The second-order valence-corrected chi connectivity index (χ2v) is 3.78. The van der Waals surface area contributed by atoms with E-state index < -0.39 is 0 Å². The molecule has 1 rings (SSSR count). The first kappa shape index (κ1) is 10.1. The first-order valence-corrected chi connectivity index (χ1v) is 4.61. The normalized spacial score (nSPS) is 9.77. The van der Waals surface area contributed by atoms with Gasteiger partial charge in [0.15, 0.2) is 0 Å². The molecule has 0 atom stereocenters.